The van der Waals surface area contributed by atoms with Crippen molar-refractivity contribution in [3.63, 3.8) is 0 Å². The van der Waals surface area contributed by atoms with E-state index >= 15 is 0 Å². The zero-order valence-corrected chi connectivity index (χ0v) is 9.86. The molecule has 1 heterocycles. The Morgan fingerprint density at radius 1 is 1.47 bits per heavy atom. The Morgan fingerprint density at radius 3 is 2.53 bits per heavy atom. The molecule has 2 N–H and O–H groups in total. The van der Waals surface area contributed by atoms with Gasteiger partial charge in [-0.1, -0.05) is 0 Å². The lowest BCUT2D eigenvalue weighted by Crippen LogP contribution is -2.57. The Kier molecular flexibility index (Phi) is 4.06. The van der Waals surface area contributed by atoms with Gasteiger partial charge in [-0.2, -0.15) is 0 Å². The number of ether oxygens (including phenoxy) is 1. The van der Waals surface area contributed by atoms with Crippen LogP contribution in [0.15, 0.2) is 0 Å². The van der Waals surface area contributed by atoms with Crippen LogP contribution in [0.2, 0.25) is 0 Å². The molecule has 17 heavy (non-hydrogen) atoms. The van der Waals surface area contributed by atoms with E-state index in [2.05, 4.69) is 5.32 Å². The third kappa shape index (κ3) is 3.16. The fourth-order valence-corrected chi connectivity index (χ4v) is 1.52. The number of aliphatic carboxylic acids is 1. The average Bonchev–Trinajstić information content (AvgIpc) is 2.67. The molecule has 0 saturated carbocycles. The number of carboxylic acids is 1. The maximum atomic E-state index is 11.6. The molecule has 0 aromatic rings. The van der Waals surface area contributed by atoms with Crippen LogP contribution in [-0.2, 0) is 19.1 Å². The van der Waals surface area contributed by atoms with Crippen LogP contribution < -0.4 is 5.32 Å². The van der Waals surface area contributed by atoms with E-state index in [0.29, 0.717) is 6.61 Å². The van der Waals surface area contributed by atoms with Gasteiger partial charge < -0.3 is 20.1 Å². The van der Waals surface area contributed by atoms with Crippen molar-refractivity contribution in [1.29, 1.82) is 0 Å². The molecule has 1 atom stereocenters. The SMILES string of the molecule is CC(=O)N(C)CC(=O)NC1(C(=O)O)CCOC1. The quantitative estimate of drug-likeness (QED) is 0.649. The van der Waals surface area contributed by atoms with Crippen molar-refractivity contribution >= 4 is 17.8 Å². The molecule has 7 heteroatoms. The second kappa shape index (κ2) is 5.13. The van der Waals surface area contributed by atoms with Crippen molar-refractivity contribution in [2.24, 2.45) is 0 Å². The summed E-state index contributed by atoms with van der Waals surface area (Å²) in [6.45, 7) is 1.43. The lowest BCUT2D eigenvalue weighted by Gasteiger charge is -2.25. The first-order chi connectivity index (χ1) is 7.87. The van der Waals surface area contributed by atoms with E-state index in [0.717, 1.165) is 0 Å². The molecular weight excluding hydrogens is 228 g/mol. The van der Waals surface area contributed by atoms with Gasteiger partial charge in [0, 0.05) is 27.0 Å². The largest absolute Gasteiger partial charge is 0.479 e. The fourth-order valence-electron chi connectivity index (χ4n) is 1.52. The average molecular weight is 244 g/mol. The van der Waals surface area contributed by atoms with E-state index < -0.39 is 17.4 Å². The predicted molar refractivity (Wildman–Crippen MR) is 57.3 cm³/mol. The van der Waals surface area contributed by atoms with Crippen molar-refractivity contribution < 1.29 is 24.2 Å². The van der Waals surface area contributed by atoms with Gasteiger partial charge in [0.2, 0.25) is 11.8 Å². The molecule has 0 bridgehead atoms. The van der Waals surface area contributed by atoms with E-state index in [-0.39, 0.29) is 25.5 Å². The van der Waals surface area contributed by atoms with Crippen LogP contribution in [-0.4, -0.2) is 60.1 Å². The highest BCUT2D eigenvalue weighted by atomic mass is 16.5. The van der Waals surface area contributed by atoms with Gasteiger partial charge in [-0.25, -0.2) is 4.79 Å². The van der Waals surface area contributed by atoms with Crippen LogP contribution >= 0.6 is 0 Å². The molecule has 1 fully saturated rings. The predicted octanol–water partition coefficient (Wildman–Crippen LogP) is -1.18. The van der Waals surface area contributed by atoms with Crippen LogP contribution in [0.1, 0.15) is 13.3 Å². The van der Waals surface area contributed by atoms with Crippen LogP contribution in [0.5, 0.6) is 0 Å². The highest BCUT2D eigenvalue weighted by molar-refractivity contribution is 5.89. The number of hydrogen-bond acceptors (Lipinski definition) is 4. The number of carbonyl (C=O) groups excluding carboxylic acids is 2. The molecule has 7 nitrogen and oxygen atoms in total. The molecule has 0 aromatic heterocycles. The summed E-state index contributed by atoms with van der Waals surface area (Å²) in [4.78, 5) is 34.8. The molecule has 0 aromatic carbocycles. The van der Waals surface area contributed by atoms with Gasteiger partial charge in [0.1, 0.15) is 0 Å². The summed E-state index contributed by atoms with van der Waals surface area (Å²) in [7, 11) is 1.47. The minimum absolute atomic E-state index is 0.0438. The zero-order valence-electron chi connectivity index (χ0n) is 9.86. The summed E-state index contributed by atoms with van der Waals surface area (Å²) in [6, 6.07) is 0. The Morgan fingerprint density at radius 2 is 2.12 bits per heavy atom. The number of likely N-dealkylation sites (N-methyl/N-ethyl adjacent to an activating group) is 1. The first-order valence-electron chi connectivity index (χ1n) is 5.21. The summed E-state index contributed by atoms with van der Waals surface area (Å²) < 4.78 is 5.00. The number of nitrogens with zero attached hydrogens (tertiary/aromatic N) is 1. The molecule has 0 aliphatic carbocycles. The van der Waals surface area contributed by atoms with E-state index in [1.54, 1.807) is 0 Å². The van der Waals surface area contributed by atoms with E-state index in [4.69, 9.17) is 9.84 Å². The third-order valence-corrected chi connectivity index (χ3v) is 2.73. The standard InChI is InChI=1S/C10H16N2O5/c1-7(13)12(2)5-8(14)11-10(9(15)16)3-4-17-6-10/h3-6H2,1-2H3,(H,11,14)(H,15,16). The molecule has 1 aliphatic heterocycles. The summed E-state index contributed by atoms with van der Waals surface area (Å²) in [5.74, 6) is -1.88. The molecule has 1 unspecified atom stereocenters. The van der Waals surface area contributed by atoms with E-state index in [1.807, 2.05) is 0 Å². The van der Waals surface area contributed by atoms with Crippen molar-refractivity contribution in [1.82, 2.24) is 10.2 Å². The third-order valence-electron chi connectivity index (χ3n) is 2.73. The lowest BCUT2D eigenvalue weighted by molar-refractivity contribution is -0.148. The van der Waals surface area contributed by atoms with Crippen molar-refractivity contribution in [3.8, 4) is 0 Å². The highest BCUT2D eigenvalue weighted by Crippen LogP contribution is 2.18. The van der Waals surface area contributed by atoms with E-state index in [9.17, 15) is 14.4 Å². The first kappa shape index (κ1) is 13.4. The van der Waals surface area contributed by atoms with Crippen molar-refractivity contribution in [3.05, 3.63) is 0 Å². The second-order valence-electron chi connectivity index (χ2n) is 4.11. The number of carboxylic acid groups (broad SMARTS) is 1. The zero-order chi connectivity index (χ0) is 13.1. The van der Waals surface area contributed by atoms with Gasteiger partial charge in [0.15, 0.2) is 5.54 Å². The molecular formula is C10H16N2O5. The van der Waals surface area contributed by atoms with Crippen LogP contribution in [0.4, 0.5) is 0 Å². The molecule has 96 valence electrons. The second-order valence-corrected chi connectivity index (χ2v) is 4.11. The monoisotopic (exact) mass is 244 g/mol. The number of nitrogens with one attached hydrogen (secondary N) is 1. The van der Waals surface area contributed by atoms with Crippen molar-refractivity contribution in [2.45, 2.75) is 18.9 Å². The van der Waals surface area contributed by atoms with Gasteiger partial charge in [-0.05, 0) is 0 Å². The highest BCUT2D eigenvalue weighted by Gasteiger charge is 2.43. The van der Waals surface area contributed by atoms with Crippen LogP contribution in [0, 0.1) is 0 Å². The number of hydrogen-bond donors (Lipinski definition) is 2. The summed E-state index contributed by atoms with van der Waals surface area (Å²) >= 11 is 0. The Balaban J connectivity index is 2.60. The lowest BCUT2D eigenvalue weighted by atomic mass is 9.99. The van der Waals surface area contributed by atoms with E-state index in [1.165, 1.54) is 18.9 Å². The van der Waals surface area contributed by atoms with Gasteiger partial charge in [0.05, 0.1) is 13.2 Å². The molecule has 0 spiro atoms. The topological polar surface area (TPSA) is 95.9 Å². The van der Waals surface area contributed by atoms with Gasteiger partial charge in [-0.15, -0.1) is 0 Å². The van der Waals surface area contributed by atoms with Gasteiger partial charge in [0.25, 0.3) is 0 Å². The first-order valence-corrected chi connectivity index (χ1v) is 5.21. The normalized spacial score (nSPS) is 23.2. The molecule has 1 rings (SSSR count). The Hall–Kier alpha value is -1.63. The molecule has 2 amide bonds. The molecule has 1 saturated heterocycles. The van der Waals surface area contributed by atoms with Crippen LogP contribution in [0.25, 0.3) is 0 Å². The Labute approximate surface area is 98.7 Å². The van der Waals surface area contributed by atoms with Gasteiger partial charge >= 0.3 is 5.97 Å². The maximum Gasteiger partial charge on any atom is 0.331 e. The number of rotatable bonds is 4. The smallest absolute Gasteiger partial charge is 0.331 e. The molecule has 1 aliphatic rings. The Bertz CT molecular complexity index is 336. The molecule has 0 radical (unpaired) electrons. The summed E-state index contributed by atoms with van der Waals surface area (Å²) in [5.41, 5.74) is -1.35. The minimum Gasteiger partial charge on any atom is -0.479 e. The van der Waals surface area contributed by atoms with Gasteiger partial charge in [-0.3, -0.25) is 9.59 Å². The summed E-state index contributed by atoms with van der Waals surface area (Å²) in [6.07, 6.45) is 0.234. The summed E-state index contributed by atoms with van der Waals surface area (Å²) in [5, 5.41) is 11.5. The van der Waals surface area contributed by atoms with Crippen LogP contribution in [0.3, 0.4) is 0 Å². The fraction of sp³-hybridized carbons (Fsp3) is 0.700. The van der Waals surface area contributed by atoms with Crippen molar-refractivity contribution in [2.75, 3.05) is 26.8 Å². The number of amides is 2. The maximum absolute atomic E-state index is 11.6. The number of carbonyl (C=O) groups is 3. The minimum atomic E-state index is -1.35.